The lowest BCUT2D eigenvalue weighted by Crippen LogP contribution is -2.45. The van der Waals surface area contributed by atoms with Crippen LogP contribution in [0.1, 0.15) is 104 Å². The zero-order chi connectivity index (χ0) is 57.0. The average molecular weight is 1090 g/mol. The Morgan fingerprint density at radius 1 is 0.487 bits per heavy atom. The molecule has 4 unspecified atom stereocenters. The highest BCUT2D eigenvalue weighted by Crippen LogP contribution is 2.30. The molecule has 4 aromatic rings. The number of phenolic OH excluding ortho intramolecular Hbond substituents is 4. The van der Waals surface area contributed by atoms with Gasteiger partial charge in [-0.25, -0.2) is 0 Å². The van der Waals surface area contributed by atoms with Crippen LogP contribution < -0.4 is 31.9 Å². The summed E-state index contributed by atoms with van der Waals surface area (Å²) in [5, 5.41) is 63.3. The molecule has 0 aliphatic heterocycles. The first kappa shape index (κ1) is 64.2. The van der Waals surface area contributed by atoms with Crippen LogP contribution in [0.15, 0.2) is 72.8 Å². The lowest BCUT2D eigenvalue weighted by molar-refractivity contribution is 0.0925. The summed E-state index contributed by atoms with van der Waals surface area (Å²) in [7, 11) is 6.19. The molecule has 0 radical (unpaired) electrons. The number of methoxy groups -OCH3 is 4. The molecule has 430 valence electrons. The van der Waals surface area contributed by atoms with Crippen LogP contribution in [0, 0.1) is 11.8 Å². The molecule has 78 heavy (non-hydrogen) atoms. The second kappa shape index (κ2) is 34.5. The van der Waals surface area contributed by atoms with Crippen molar-refractivity contribution in [2.24, 2.45) is 11.8 Å². The SMILES string of the molecule is COCCNC(=O)c1cccc(CNCCCN(CCC(C)C(C)N(Cc2cccc(C(=O)NCCOC)c2O)CC(C)C(C)NCc2cccc(C(=O)NCCOC)c2O)Cc2cccc(C(=O)NCCOC)c2O)c1O. The van der Waals surface area contributed by atoms with Crippen LogP contribution in [0.25, 0.3) is 0 Å². The smallest absolute Gasteiger partial charge is 0.255 e. The molecule has 20 nitrogen and oxygen atoms in total. The number of nitrogens with one attached hydrogen (secondary N) is 6. The van der Waals surface area contributed by atoms with Crippen molar-refractivity contribution in [1.82, 2.24) is 41.7 Å². The first-order valence-electron chi connectivity index (χ1n) is 26.8. The van der Waals surface area contributed by atoms with Crippen molar-refractivity contribution in [2.75, 3.05) is 107 Å². The number of carbonyl (C=O) groups excluding carboxylic acids is 4. The van der Waals surface area contributed by atoms with Gasteiger partial charge >= 0.3 is 0 Å². The second-order valence-corrected chi connectivity index (χ2v) is 19.6. The molecule has 0 aromatic heterocycles. The molecule has 10 N–H and O–H groups in total. The number of carbonyl (C=O) groups is 4. The van der Waals surface area contributed by atoms with Gasteiger partial charge in [-0.15, -0.1) is 0 Å². The van der Waals surface area contributed by atoms with Gasteiger partial charge in [-0.1, -0.05) is 62.4 Å². The summed E-state index contributed by atoms with van der Waals surface area (Å²) < 4.78 is 20.3. The molecule has 0 aliphatic rings. The number of amides is 4. The molecule has 0 spiro atoms. The normalized spacial score (nSPS) is 13.0. The number of aromatic hydroxyl groups is 4. The largest absolute Gasteiger partial charge is 0.507 e. The van der Waals surface area contributed by atoms with Crippen LogP contribution in [-0.2, 0) is 45.1 Å². The van der Waals surface area contributed by atoms with E-state index in [0.29, 0.717) is 121 Å². The quantitative estimate of drug-likeness (QED) is 0.0274. The van der Waals surface area contributed by atoms with E-state index in [4.69, 9.17) is 18.9 Å². The zero-order valence-electron chi connectivity index (χ0n) is 46.9. The second-order valence-electron chi connectivity index (χ2n) is 19.6. The van der Waals surface area contributed by atoms with Crippen LogP contribution in [0.3, 0.4) is 0 Å². The lowest BCUT2D eigenvalue weighted by atomic mass is 9.94. The Morgan fingerprint density at radius 3 is 1.29 bits per heavy atom. The third-order valence-electron chi connectivity index (χ3n) is 14.0. The van der Waals surface area contributed by atoms with E-state index in [1.54, 1.807) is 89.1 Å². The summed E-state index contributed by atoms with van der Waals surface area (Å²) in [6.07, 6.45) is 1.41. The Hall–Kier alpha value is -6.36. The van der Waals surface area contributed by atoms with E-state index >= 15 is 0 Å². The number of hydrogen-bond donors (Lipinski definition) is 10. The highest BCUT2D eigenvalue weighted by Gasteiger charge is 2.28. The summed E-state index contributed by atoms with van der Waals surface area (Å²) >= 11 is 0. The van der Waals surface area contributed by atoms with E-state index in [2.05, 4.69) is 69.4 Å². The maximum absolute atomic E-state index is 13.2. The molecule has 4 atom stereocenters. The van der Waals surface area contributed by atoms with Crippen LogP contribution >= 0.6 is 0 Å². The Bertz CT molecular complexity index is 2500. The van der Waals surface area contributed by atoms with Gasteiger partial charge in [-0.3, -0.25) is 29.0 Å². The molecule has 4 rings (SSSR count). The van der Waals surface area contributed by atoms with E-state index in [1.165, 1.54) is 0 Å². The fourth-order valence-electron chi connectivity index (χ4n) is 8.83. The summed E-state index contributed by atoms with van der Waals surface area (Å²) in [4.78, 5) is 56.5. The van der Waals surface area contributed by atoms with Crippen molar-refractivity contribution < 1.29 is 58.6 Å². The molecular weight excluding hydrogens is 1000 g/mol. The standard InChI is InChI=1S/C58H86N8O12/c1-39(22-29-65(37-45-16-11-20-49(53(45)69)57(73)62-26-32-77-7)28-13-23-59-34-43-14-9-18-47(51(43)67)55(71)60-24-30-75-5)42(4)66(38-46-17-12-21-50(54(46)70)58(74)63-27-33-78-8)36-40(2)41(3)64-35-44-15-10-19-48(52(44)68)56(72)61-25-31-76-6/h9-12,14-21,39-42,59,64,67-70H,13,22-38H2,1-8H3,(H,60,71)(H,61,72)(H,62,73)(H,63,74). The highest BCUT2D eigenvalue weighted by atomic mass is 16.5. The monoisotopic (exact) mass is 1090 g/mol. The third-order valence-corrected chi connectivity index (χ3v) is 14.0. The van der Waals surface area contributed by atoms with Gasteiger partial charge in [-0.2, -0.15) is 0 Å². The first-order chi connectivity index (χ1) is 37.6. The van der Waals surface area contributed by atoms with Crippen molar-refractivity contribution in [1.29, 1.82) is 0 Å². The minimum atomic E-state index is -0.408. The average Bonchev–Trinajstić information content (AvgIpc) is 3.43. The van der Waals surface area contributed by atoms with Gasteiger partial charge in [0, 0.05) is 122 Å². The molecule has 20 heteroatoms. The van der Waals surface area contributed by atoms with Gasteiger partial charge < -0.3 is 71.3 Å². The predicted octanol–water partition coefficient (Wildman–Crippen LogP) is 4.73. The molecule has 0 heterocycles. The van der Waals surface area contributed by atoms with Crippen molar-refractivity contribution in [3.8, 4) is 23.0 Å². The van der Waals surface area contributed by atoms with Gasteiger partial charge in [0.05, 0.1) is 48.7 Å². The number of phenols is 4. The molecule has 0 fully saturated rings. The zero-order valence-corrected chi connectivity index (χ0v) is 46.9. The number of rotatable bonds is 37. The summed E-state index contributed by atoms with van der Waals surface area (Å²) in [6, 6.07) is 20.4. The van der Waals surface area contributed by atoms with Crippen molar-refractivity contribution in [3.05, 3.63) is 117 Å². The summed E-state index contributed by atoms with van der Waals surface area (Å²) in [5.74, 6) is -1.87. The fourth-order valence-corrected chi connectivity index (χ4v) is 8.83. The minimum absolute atomic E-state index is 0.0263. The molecule has 0 bridgehead atoms. The number of benzene rings is 4. The Balaban J connectivity index is 1.55. The van der Waals surface area contributed by atoms with Crippen LogP contribution in [0.5, 0.6) is 23.0 Å². The molecule has 0 saturated carbocycles. The van der Waals surface area contributed by atoms with Gasteiger partial charge in [0.25, 0.3) is 23.6 Å². The maximum Gasteiger partial charge on any atom is 0.255 e. The Kier molecular flexibility index (Phi) is 28.4. The Morgan fingerprint density at radius 2 is 0.872 bits per heavy atom. The van der Waals surface area contributed by atoms with Gasteiger partial charge in [-0.05, 0) is 82.4 Å². The van der Waals surface area contributed by atoms with E-state index in [9.17, 15) is 39.6 Å². The van der Waals surface area contributed by atoms with Crippen molar-refractivity contribution in [2.45, 2.75) is 78.8 Å². The van der Waals surface area contributed by atoms with E-state index in [1.807, 2.05) is 12.1 Å². The third kappa shape index (κ3) is 20.1. The highest BCUT2D eigenvalue weighted by molar-refractivity contribution is 5.99. The summed E-state index contributed by atoms with van der Waals surface area (Å²) in [5.41, 5.74) is 3.04. The van der Waals surface area contributed by atoms with Crippen LogP contribution in [-0.4, -0.2) is 173 Å². The fraction of sp³-hybridized carbons (Fsp3) is 0.517. The number of hydrogen-bond acceptors (Lipinski definition) is 16. The van der Waals surface area contributed by atoms with Gasteiger partial charge in [0.2, 0.25) is 0 Å². The van der Waals surface area contributed by atoms with E-state index in [-0.39, 0.29) is 82.3 Å². The predicted molar refractivity (Wildman–Crippen MR) is 300 cm³/mol. The molecule has 0 aliphatic carbocycles. The van der Waals surface area contributed by atoms with E-state index in [0.717, 1.165) is 6.42 Å². The first-order valence-corrected chi connectivity index (χ1v) is 26.8. The molecular formula is C58H86N8O12. The molecule has 0 saturated heterocycles. The number of ether oxygens (including phenoxy) is 4. The van der Waals surface area contributed by atoms with Gasteiger partial charge in [0.1, 0.15) is 23.0 Å². The van der Waals surface area contributed by atoms with Gasteiger partial charge in [0.15, 0.2) is 0 Å². The molecule has 4 aromatic carbocycles. The minimum Gasteiger partial charge on any atom is -0.507 e. The lowest BCUT2D eigenvalue weighted by Gasteiger charge is -2.37. The van der Waals surface area contributed by atoms with Crippen LogP contribution in [0.4, 0.5) is 0 Å². The molecule has 4 amide bonds. The number of nitrogens with zero attached hydrogens (tertiary/aromatic N) is 2. The van der Waals surface area contributed by atoms with Crippen molar-refractivity contribution >= 4 is 23.6 Å². The van der Waals surface area contributed by atoms with Crippen LogP contribution in [0.2, 0.25) is 0 Å². The topological polar surface area (TPSA) is 265 Å². The Labute approximate surface area is 460 Å². The maximum atomic E-state index is 13.2. The summed E-state index contributed by atoms with van der Waals surface area (Å²) in [6.45, 7) is 14.8. The van der Waals surface area contributed by atoms with Crippen molar-refractivity contribution in [3.63, 3.8) is 0 Å². The van der Waals surface area contributed by atoms with E-state index < -0.39 is 23.6 Å². The number of para-hydroxylation sites is 4.